The lowest BCUT2D eigenvalue weighted by molar-refractivity contribution is -0.385. The van der Waals surface area contributed by atoms with Gasteiger partial charge in [0.05, 0.1) is 11.5 Å². The summed E-state index contributed by atoms with van der Waals surface area (Å²) in [6, 6.07) is 4.69. The molecule has 1 rings (SSSR count). The first-order chi connectivity index (χ1) is 7.60. The van der Waals surface area contributed by atoms with Crippen molar-refractivity contribution in [1.29, 1.82) is 0 Å². The zero-order valence-electron chi connectivity index (χ0n) is 9.47. The predicted octanol–water partition coefficient (Wildman–Crippen LogP) is 2.40. The molecule has 0 aromatic heterocycles. The lowest BCUT2D eigenvalue weighted by Gasteiger charge is -2.10. The Balaban J connectivity index is 3.12. The summed E-state index contributed by atoms with van der Waals surface area (Å²) < 4.78 is 5.18. The molecule has 0 heterocycles. The third kappa shape index (κ3) is 2.70. The second-order valence-corrected chi connectivity index (χ2v) is 3.43. The molecule has 5 heteroatoms. The van der Waals surface area contributed by atoms with Gasteiger partial charge in [0, 0.05) is 12.1 Å². The summed E-state index contributed by atoms with van der Waals surface area (Å²) in [4.78, 5) is 10.4. The SMILES string of the molecule is CCOc1ccc(C(N)CC)cc1[N+](=O)[O-]. The van der Waals surface area contributed by atoms with Crippen molar-refractivity contribution in [3.8, 4) is 5.75 Å². The molecule has 1 aromatic rings. The zero-order valence-corrected chi connectivity index (χ0v) is 9.47. The summed E-state index contributed by atoms with van der Waals surface area (Å²) in [5.74, 6) is 0.291. The van der Waals surface area contributed by atoms with Crippen molar-refractivity contribution in [2.75, 3.05) is 6.61 Å². The molecule has 0 spiro atoms. The molecule has 0 aliphatic rings. The molecule has 2 N–H and O–H groups in total. The van der Waals surface area contributed by atoms with Gasteiger partial charge in [-0.2, -0.15) is 0 Å². The van der Waals surface area contributed by atoms with E-state index in [0.29, 0.717) is 12.4 Å². The van der Waals surface area contributed by atoms with E-state index in [1.165, 1.54) is 6.07 Å². The molecule has 0 amide bonds. The molecule has 0 saturated carbocycles. The zero-order chi connectivity index (χ0) is 12.1. The molecular formula is C11H16N2O3. The second-order valence-electron chi connectivity index (χ2n) is 3.43. The molecule has 5 nitrogen and oxygen atoms in total. The lowest BCUT2D eigenvalue weighted by Crippen LogP contribution is -2.09. The monoisotopic (exact) mass is 224 g/mol. The molecular weight excluding hydrogens is 208 g/mol. The molecule has 88 valence electrons. The Morgan fingerprint density at radius 2 is 2.19 bits per heavy atom. The highest BCUT2D eigenvalue weighted by Gasteiger charge is 2.17. The minimum Gasteiger partial charge on any atom is -0.487 e. The predicted molar refractivity (Wildman–Crippen MR) is 61.5 cm³/mol. The van der Waals surface area contributed by atoms with E-state index in [9.17, 15) is 10.1 Å². The van der Waals surface area contributed by atoms with Crippen molar-refractivity contribution in [2.45, 2.75) is 26.3 Å². The normalized spacial score (nSPS) is 12.2. The van der Waals surface area contributed by atoms with Crippen LogP contribution in [0.5, 0.6) is 5.75 Å². The molecule has 0 saturated heterocycles. The fourth-order valence-corrected chi connectivity index (χ4v) is 1.42. The van der Waals surface area contributed by atoms with E-state index in [1.54, 1.807) is 19.1 Å². The quantitative estimate of drug-likeness (QED) is 0.615. The van der Waals surface area contributed by atoms with E-state index in [2.05, 4.69) is 0 Å². The number of ether oxygens (including phenoxy) is 1. The van der Waals surface area contributed by atoms with Crippen LogP contribution >= 0.6 is 0 Å². The van der Waals surface area contributed by atoms with Crippen LogP contribution < -0.4 is 10.5 Å². The maximum atomic E-state index is 10.8. The van der Waals surface area contributed by atoms with Crippen LogP contribution in [0.15, 0.2) is 18.2 Å². The molecule has 1 unspecified atom stereocenters. The van der Waals surface area contributed by atoms with Gasteiger partial charge < -0.3 is 10.5 Å². The number of nitrogens with zero attached hydrogens (tertiary/aromatic N) is 1. The summed E-state index contributed by atoms with van der Waals surface area (Å²) in [7, 11) is 0. The van der Waals surface area contributed by atoms with E-state index in [0.717, 1.165) is 12.0 Å². The standard InChI is InChI=1S/C11H16N2O3/c1-3-9(12)8-5-6-11(16-4-2)10(7-8)13(14)15/h5-7,9H,3-4,12H2,1-2H3. The Labute approximate surface area is 94.4 Å². The van der Waals surface area contributed by atoms with Crippen LogP contribution in [0.2, 0.25) is 0 Å². The van der Waals surface area contributed by atoms with Gasteiger partial charge in [-0.05, 0) is 25.0 Å². The number of nitrogens with two attached hydrogens (primary N) is 1. The molecule has 0 aliphatic carbocycles. The minimum absolute atomic E-state index is 0.0248. The summed E-state index contributed by atoms with van der Waals surface area (Å²) >= 11 is 0. The van der Waals surface area contributed by atoms with Gasteiger partial charge in [0.1, 0.15) is 0 Å². The van der Waals surface area contributed by atoms with Crippen LogP contribution in [0.1, 0.15) is 31.9 Å². The Morgan fingerprint density at radius 3 is 2.69 bits per heavy atom. The Morgan fingerprint density at radius 1 is 1.50 bits per heavy atom. The van der Waals surface area contributed by atoms with E-state index in [-0.39, 0.29) is 11.7 Å². The van der Waals surface area contributed by atoms with Gasteiger partial charge in [0.2, 0.25) is 0 Å². The van der Waals surface area contributed by atoms with Crippen molar-refractivity contribution in [1.82, 2.24) is 0 Å². The second kappa shape index (κ2) is 5.46. The third-order valence-electron chi connectivity index (χ3n) is 2.35. The van der Waals surface area contributed by atoms with Crippen molar-refractivity contribution < 1.29 is 9.66 Å². The average Bonchev–Trinajstić information content (AvgIpc) is 2.28. The summed E-state index contributed by atoms with van der Waals surface area (Å²) in [5.41, 5.74) is 6.56. The van der Waals surface area contributed by atoms with Gasteiger partial charge in [-0.25, -0.2) is 0 Å². The van der Waals surface area contributed by atoms with E-state index < -0.39 is 4.92 Å². The summed E-state index contributed by atoms with van der Waals surface area (Å²) in [6.45, 7) is 4.13. The highest BCUT2D eigenvalue weighted by Crippen LogP contribution is 2.30. The van der Waals surface area contributed by atoms with E-state index >= 15 is 0 Å². The number of nitro groups is 1. The van der Waals surface area contributed by atoms with Gasteiger partial charge in [0.25, 0.3) is 0 Å². The van der Waals surface area contributed by atoms with Crippen LogP contribution in [0.3, 0.4) is 0 Å². The van der Waals surface area contributed by atoms with Gasteiger partial charge in [-0.1, -0.05) is 13.0 Å². The highest BCUT2D eigenvalue weighted by atomic mass is 16.6. The van der Waals surface area contributed by atoms with Crippen molar-refractivity contribution in [3.63, 3.8) is 0 Å². The molecule has 0 aliphatic heterocycles. The van der Waals surface area contributed by atoms with Crippen LogP contribution in [-0.2, 0) is 0 Å². The van der Waals surface area contributed by atoms with E-state index in [4.69, 9.17) is 10.5 Å². The molecule has 0 fully saturated rings. The number of nitro benzene ring substituents is 1. The largest absolute Gasteiger partial charge is 0.487 e. The first kappa shape index (κ1) is 12.4. The maximum absolute atomic E-state index is 10.8. The van der Waals surface area contributed by atoms with Crippen LogP contribution in [0, 0.1) is 10.1 Å². The van der Waals surface area contributed by atoms with Crippen molar-refractivity contribution in [2.24, 2.45) is 5.73 Å². The molecule has 16 heavy (non-hydrogen) atoms. The van der Waals surface area contributed by atoms with E-state index in [1.807, 2.05) is 6.92 Å². The minimum atomic E-state index is -0.448. The molecule has 0 radical (unpaired) electrons. The number of benzene rings is 1. The number of rotatable bonds is 5. The number of hydrogen-bond donors (Lipinski definition) is 1. The summed E-state index contributed by atoms with van der Waals surface area (Å²) in [6.07, 6.45) is 0.741. The average molecular weight is 224 g/mol. The maximum Gasteiger partial charge on any atom is 0.311 e. The Kier molecular flexibility index (Phi) is 4.25. The molecule has 0 bridgehead atoms. The van der Waals surface area contributed by atoms with Crippen LogP contribution in [0.25, 0.3) is 0 Å². The topological polar surface area (TPSA) is 78.4 Å². The van der Waals surface area contributed by atoms with Crippen molar-refractivity contribution in [3.05, 3.63) is 33.9 Å². The fraction of sp³-hybridized carbons (Fsp3) is 0.455. The van der Waals surface area contributed by atoms with Gasteiger partial charge in [-0.15, -0.1) is 0 Å². The third-order valence-corrected chi connectivity index (χ3v) is 2.35. The van der Waals surface area contributed by atoms with Crippen LogP contribution in [0.4, 0.5) is 5.69 Å². The molecule has 1 aromatic carbocycles. The number of hydrogen-bond acceptors (Lipinski definition) is 4. The van der Waals surface area contributed by atoms with Gasteiger partial charge in [-0.3, -0.25) is 10.1 Å². The van der Waals surface area contributed by atoms with Gasteiger partial charge in [0.15, 0.2) is 5.75 Å². The lowest BCUT2D eigenvalue weighted by atomic mass is 10.0. The fourth-order valence-electron chi connectivity index (χ4n) is 1.42. The highest BCUT2D eigenvalue weighted by molar-refractivity contribution is 5.49. The van der Waals surface area contributed by atoms with Gasteiger partial charge >= 0.3 is 5.69 Å². The van der Waals surface area contributed by atoms with Crippen molar-refractivity contribution >= 4 is 5.69 Å². The smallest absolute Gasteiger partial charge is 0.311 e. The summed E-state index contributed by atoms with van der Waals surface area (Å²) in [5, 5.41) is 10.8. The molecule has 1 atom stereocenters. The Hall–Kier alpha value is -1.62. The Bertz CT molecular complexity index is 379. The first-order valence-electron chi connectivity index (χ1n) is 5.26. The first-order valence-corrected chi connectivity index (χ1v) is 5.26. The van der Waals surface area contributed by atoms with Crippen LogP contribution in [-0.4, -0.2) is 11.5 Å².